The van der Waals surface area contributed by atoms with Gasteiger partial charge in [-0.15, -0.1) is 23.2 Å². The molecule has 0 aromatic carbocycles. The third-order valence-electron chi connectivity index (χ3n) is 5.31. The Bertz CT molecular complexity index is 560. The Morgan fingerprint density at radius 1 is 1.30 bits per heavy atom. The lowest BCUT2D eigenvalue weighted by molar-refractivity contribution is -0.131. The highest BCUT2D eigenvalue weighted by atomic mass is 35.5. The van der Waals surface area contributed by atoms with Crippen LogP contribution in [0.4, 0.5) is 4.79 Å². The summed E-state index contributed by atoms with van der Waals surface area (Å²) in [5.74, 6) is -0.312. The summed E-state index contributed by atoms with van der Waals surface area (Å²) in [5.41, 5.74) is -1.41. The lowest BCUT2D eigenvalue weighted by Gasteiger charge is -2.20. The van der Waals surface area contributed by atoms with Gasteiger partial charge in [-0.2, -0.15) is 0 Å². The molecule has 3 rings (SSSR count). The van der Waals surface area contributed by atoms with E-state index in [0.29, 0.717) is 25.9 Å². The summed E-state index contributed by atoms with van der Waals surface area (Å²) >= 11 is 11.9. The summed E-state index contributed by atoms with van der Waals surface area (Å²) in [4.78, 5) is 37.7. The number of nitrogens with zero attached hydrogens (tertiary/aromatic N) is 1. The Kier molecular flexibility index (Phi) is 4.04. The Hall–Kier alpha value is -1.01. The zero-order chi connectivity index (χ0) is 16.9. The van der Waals surface area contributed by atoms with E-state index >= 15 is 0 Å². The van der Waals surface area contributed by atoms with E-state index in [0.717, 1.165) is 25.7 Å². The number of rotatable bonds is 5. The van der Waals surface area contributed by atoms with Crippen LogP contribution in [0.25, 0.3) is 0 Å². The summed E-state index contributed by atoms with van der Waals surface area (Å²) in [6, 6.07) is -0.321. The maximum Gasteiger partial charge on any atom is 0.325 e. The average Bonchev–Trinajstić information content (AvgIpc) is 2.82. The Morgan fingerprint density at radius 2 is 1.91 bits per heavy atom. The Labute approximate surface area is 145 Å². The molecule has 0 aromatic rings. The molecule has 1 heterocycles. The quantitative estimate of drug-likeness (QED) is 0.446. The van der Waals surface area contributed by atoms with Crippen LogP contribution in [-0.4, -0.2) is 45.7 Å². The fourth-order valence-electron chi connectivity index (χ4n) is 3.48. The maximum atomic E-state index is 12.4. The van der Waals surface area contributed by atoms with E-state index in [-0.39, 0.29) is 17.8 Å². The second kappa shape index (κ2) is 5.52. The van der Waals surface area contributed by atoms with E-state index in [9.17, 15) is 14.4 Å². The molecule has 1 aliphatic heterocycles. The third kappa shape index (κ3) is 2.70. The molecule has 2 aliphatic carbocycles. The number of halogens is 2. The van der Waals surface area contributed by atoms with Crippen molar-refractivity contribution in [3.05, 3.63) is 0 Å². The summed E-state index contributed by atoms with van der Waals surface area (Å²) in [6.07, 6.45) is 4.31. The molecular weight excluding hydrogens is 341 g/mol. The fraction of sp³-hybridized carbons (Fsp3) is 0.800. The van der Waals surface area contributed by atoms with Gasteiger partial charge in [0.05, 0.1) is 5.41 Å². The highest BCUT2D eigenvalue weighted by Crippen LogP contribution is 2.63. The number of alkyl halides is 2. The number of urea groups is 1. The van der Waals surface area contributed by atoms with Gasteiger partial charge in [0.15, 0.2) is 0 Å². The van der Waals surface area contributed by atoms with Crippen LogP contribution in [0.2, 0.25) is 0 Å². The van der Waals surface area contributed by atoms with E-state index in [1.165, 1.54) is 4.90 Å². The molecule has 1 atom stereocenters. The van der Waals surface area contributed by atoms with Crippen molar-refractivity contribution in [1.29, 1.82) is 0 Å². The molecule has 1 spiro atoms. The van der Waals surface area contributed by atoms with Gasteiger partial charge in [-0.25, -0.2) is 4.79 Å². The van der Waals surface area contributed by atoms with Crippen LogP contribution in [-0.2, 0) is 9.59 Å². The number of amides is 4. The van der Waals surface area contributed by atoms with Crippen molar-refractivity contribution in [3.63, 3.8) is 0 Å². The van der Waals surface area contributed by atoms with Crippen molar-refractivity contribution in [3.8, 4) is 0 Å². The van der Waals surface area contributed by atoms with Crippen molar-refractivity contribution in [1.82, 2.24) is 15.5 Å². The number of hydrogen-bond acceptors (Lipinski definition) is 3. The SMILES string of the molecule is CC1(C(=O)NCCCN2C(=O)NC3(CCCC3)C2=O)CC1(Cl)Cl. The molecular formula is C15H21Cl2N3O3. The van der Waals surface area contributed by atoms with Gasteiger partial charge in [-0.1, -0.05) is 12.8 Å². The molecule has 1 unspecified atom stereocenters. The first-order chi connectivity index (χ1) is 10.7. The minimum absolute atomic E-state index is 0.124. The van der Waals surface area contributed by atoms with Gasteiger partial charge in [0.1, 0.15) is 9.87 Å². The van der Waals surface area contributed by atoms with E-state index in [2.05, 4.69) is 10.6 Å². The molecule has 0 radical (unpaired) electrons. The van der Waals surface area contributed by atoms with Crippen LogP contribution in [0.15, 0.2) is 0 Å². The van der Waals surface area contributed by atoms with Crippen molar-refractivity contribution < 1.29 is 14.4 Å². The number of imide groups is 1. The average molecular weight is 362 g/mol. The van der Waals surface area contributed by atoms with Gasteiger partial charge >= 0.3 is 6.03 Å². The molecule has 1 saturated heterocycles. The highest BCUT2D eigenvalue weighted by Gasteiger charge is 2.67. The van der Waals surface area contributed by atoms with Gasteiger partial charge in [0, 0.05) is 13.1 Å². The normalized spacial score (nSPS) is 30.7. The highest BCUT2D eigenvalue weighted by molar-refractivity contribution is 6.53. The zero-order valence-corrected chi connectivity index (χ0v) is 14.6. The molecule has 128 valence electrons. The van der Waals surface area contributed by atoms with Crippen LogP contribution in [0.3, 0.4) is 0 Å². The third-order valence-corrected chi connectivity index (χ3v) is 6.41. The monoisotopic (exact) mass is 361 g/mol. The van der Waals surface area contributed by atoms with Crippen LogP contribution in [0.1, 0.15) is 45.4 Å². The van der Waals surface area contributed by atoms with Crippen LogP contribution < -0.4 is 10.6 Å². The lowest BCUT2D eigenvalue weighted by atomic mass is 9.98. The number of nitrogens with one attached hydrogen (secondary N) is 2. The van der Waals surface area contributed by atoms with E-state index < -0.39 is 15.3 Å². The lowest BCUT2D eigenvalue weighted by Crippen LogP contribution is -2.44. The molecule has 3 fully saturated rings. The van der Waals surface area contributed by atoms with E-state index in [1.807, 2.05) is 0 Å². The molecule has 2 saturated carbocycles. The van der Waals surface area contributed by atoms with Crippen molar-refractivity contribution in [2.75, 3.05) is 13.1 Å². The molecule has 0 bridgehead atoms. The first kappa shape index (κ1) is 16.8. The Morgan fingerprint density at radius 3 is 2.48 bits per heavy atom. The van der Waals surface area contributed by atoms with Crippen LogP contribution in [0.5, 0.6) is 0 Å². The van der Waals surface area contributed by atoms with Crippen molar-refractivity contribution in [2.24, 2.45) is 5.41 Å². The summed E-state index contributed by atoms with van der Waals surface area (Å²) in [6.45, 7) is 2.41. The molecule has 23 heavy (non-hydrogen) atoms. The minimum atomic E-state index is -0.989. The molecule has 3 aliphatic rings. The predicted molar refractivity (Wildman–Crippen MR) is 86.2 cm³/mol. The summed E-state index contributed by atoms with van der Waals surface area (Å²) < 4.78 is -0.989. The summed E-state index contributed by atoms with van der Waals surface area (Å²) in [7, 11) is 0. The Balaban J connectivity index is 1.45. The van der Waals surface area contributed by atoms with Gasteiger partial charge in [-0.3, -0.25) is 14.5 Å². The molecule has 8 heteroatoms. The largest absolute Gasteiger partial charge is 0.355 e. The van der Waals surface area contributed by atoms with Gasteiger partial charge in [-0.05, 0) is 32.6 Å². The number of carbonyl (C=O) groups is 3. The second-order valence-electron chi connectivity index (χ2n) is 7.00. The van der Waals surface area contributed by atoms with Crippen molar-refractivity contribution in [2.45, 2.75) is 55.3 Å². The van der Waals surface area contributed by atoms with Gasteiger partial charge in [0.25, 0.3) is 5.91 Å². The predicted octanol–water partition coefficient (Wildman–Crippen LogP) is 1.94. The minimum Gasteiger partial charge on any atom is -0.355 e. The fourth-order valence-corrected chi connectivity index (χ4v) is 4.18. The second-order valence-corrected chi connectivity index (χ2v) is 8.48. The summed E-state index contributed by atoms with van der Waals surface area (Å²) in [5, 5.41) is 5.62. The smallest absolute Gasteiger partial charge is 0.325 e. The standard InChI is InChI=1S/C15H21Cl2N3O3/c1-13(9-15(13,16)17)10(21)18-7-4-8-20-11(22)14(19-12(20)23)5-2-3-6-14/h2-9H2,1H3,(H,18,21)(H,19,23). The number of carbonyl (C=O) groups excluding carboxylic acids is 3. The van der Waals surface area contributed by atoms with Gasteiger partial charge < -0.3 is 10.6 Å². The first-order valence-corrected chi connectivity index (χ1v) is 8.78. The topological polar surface area (TPSA) is 78.5 Å². The first-order valence-electron chi connectivity index (χ1n) is 8.02. The van der Waals surface area contributed by atoms with Crippen LogP contribution >= 0.6 is 23.2 Å². The van der Waals surface area contributed by atoms with E-state index in [4.69, 9.17) is 23.2 Å². The number of hydrogen-bond donors (Lipinski definition) is 2. The van der Waals surface area contributed by atoms with E-state index in [1.54, 1.807) is 6.92 Å². The van der Waals surface area contributed by atoms with Crippen molar-refractivity contribution >= 4 is 41.0 Å². The maximum absolute atomic E-state index is 12.4. The van der Waals surface area contributed by atoms with Gasteiger partial charge in [0.2, 0.25) is 5.91 Å². The van der Waals surface area contributed by atoms with Crippen LogP contribution in [0, 0.1) is 5.41 Å². The molecule has 2 N–H and O–H groups in total. The molecule has 4 amide bonds. The molecule has 0 aromatic heterocycles. The molecule has 6 nitrogen and oxygen atoms in total. The zero-order valence-electron chi connectivity index (χ0n) is 13.1.